The van der Waals surface area contributed by atoms with Crippen LogP contribution in [0.15, 0.2) is 35.2 Å². The lowest BCUT2D eigenvalue weighted by Crippen LogP contribution is -2.51. The van der Waals surface area contributed by atoms with Crippen LogP contribution in [0.3, 0.4) is 0 Å². The minimum atomic E-state index is -0.846. The third-order valence-corrected chi connectivity index (χ3v) is 5.01. The summed E-state index contributed by atoms with van der Waals surface area (Å²) >= 11 is 0. The lowest BCUT2D eigenvalue weighted by Gasteiger charge is -2.38. The maximum absolute atomic E-state index is 12.9. The number of nitrogens with zero attached hydrogens (tertiary/aromatic N) is 3. The first-order valence-electron chi connectivity index (χ1n) is 8.85. The predicted molar refractivity (Wildman–Crippen MR) is 96.1 cm³/mol. The molecule has 27 heavy (non-hydrogen) atoms. The van der Waals surface area contributed by atoms with Gasteiger partial charge in [0.05, 0.1) is 30.6 Å². The van der Waals surface area contributed by atoms with Gasteiger partial charge in [-0.05, 0) is 43.7 Å². The second kappa shape index (κ2) is 8.17. The van der Waals surface area contributed by atoms with Gasteiger partial charge < -0.3 is 4.42 Å². The van der Waals surface area contributed by atoms with E-state index >= 15 is 0 Å². The molecule has 0 radical (unpaired) electrons. The van der Waals surface area contributed by atoms with Gasteiger partial charge in [-0.2, -0.15) is 0 Å². The van der Waals surface area contributed by atoms with E-state index in [2.05, 4.69) is 27.7 Å². The first kappa shape index (κ1) is 18.8. The summed E-state index contributed by atoms with van der Waals surface area (Å²) in [6.45, 7) is 2.08. The number of hydroxylamine groups is 2. The summed E-state index contributed by atoms with van der Waals surface area (Å²) in [4.78, 5) is 32.1. The van der Waals surface area contributed by atoms with E-state index in [1.54, 1.807) is 24.6 Å². The molecule has 9 heteroatoms. The van der Waals surface area contributed by atoms with Crippen LogP contribution in [0.2, 0.25) is 0 Å². The third-order valence-electron chi connectivity index (χ3n) is 5.01. The van der Waals surface area contributed by atoms with Crippen LogP contribution >= 0.6 is 0 Å². The second-order valence-electron chi connectivity index (χ2n) is 7.01. The van der Waals surface area contributed by atoms with E-state index in [4.69, 9.17) is 4.42 Å². The summed E-state index contributed by atoms with van der Waals surface area (Å²) in [7, 11) is 0. The highest BCUT2D eigenvalue weighted by Crippen LogP contribution is 2.39. The molecule has 1 aliphatic carbocycles. The van der Waals surface area contributed by atoms with Crippen molar-refractivity contribution in [1.29, 1.82) is 0 Å². The van der Waals surface area contributed by atoms with Crippen molar-refractivity contribution in [3.8, 4) is 11.5 Å². The molecule has 0 atom stereocenters. The highest BCUT2D eigenvalue weighted by molar-refractivity contribution is 5.84. The first-order valence-corrected chi connectivity index (χ1v) is 8.85. The van der Waals surface area contributed by atoms with E-state index in [9.17, 15) is 14.8 Å². The number of anilines is 1. The summed E-state index contributed by atoms with van der Waals surface area (Å²) in [6.07, 6.45) is 7.78. The van der Waals surface area contributed by atoms with Crippen LogP contribution in [0.25, 0.3) is 11.5 Å². The molecule has 0 aliphatic heterocycles. The molecule has 3 N–H and O–H groups in total. The van der Waals surface area contributed by atoms with Crippen LogP contribution in [0.4, 0.5) is 5.82 Å². The lowest BCUT2D eigenvalue weighted by molar-refractivity contribution is -0.163. The molecule has 0 saturated heterocycles. The summed E-state index contributed by atoms with van der Waals surface area (Å²) in [5.41, 5.74) is 5.10. The van der Waals surface area contributed by atoms with Crippen LogP contribution in [-0.4, -0.2) is 39.1 Å². The van der Waals surface area contributed by atoms with Gasteiger partial charge in [-0.3, -0.25) is 30.6 Å². The minimum absolute atomic E-state index is 0.0468. The molecule has 2 aromatic heterocycles. The fraction of sp³-hybridized carbons (Fsp3) is 0.444. The van der Waals surface area contributed by atoms with Crippen LogP contribution in [-0.2, 0) is 9.59 Å². The van der Waals surface area contributed by atoms with Crippen molar-refractivity contribution >= 4 is 18.1 Å². The van der Waals surface area contributed by atoms with Gasteiger partial charge in [0.1, 0.15) is 5.69 Å². The number of carbonyl (C=O) groups excluding carboxylic acids is 2. The van der Waals surface area contributed by atoms with Gasteiger partial charge in [0, 0.05) is 0 Å². The van der Waals surface area contributed by atoms with Crippen LogP contribution < -0.4 is 10.9 Å². The quantitative estimate of drug-likeness (QED) is 0.386. The smallest absolute Gasteiger partial charge is 0.246 e. The molecule has 9 nitrogen and oxygen atoms in total. The number of hydrazine groups is 1. The average molecular weight is 373 g/mol. The molecule has 144 valence electrons. The van der Waals surface area contributed by atoms with Gasteiger partial charge in [0.25, 0.3) is 0 Å². The zero-order valence-electron chi connectivity index (χ0n) is 15.1. The van der Waals surface area contributed by atoms with Gasteiger partial charge in [-0.1, -0.05) is 6.92 Å². The van der Waals surface area contributed by atoms with E-state index in [1.165, 1.54) is 6.20 Å². The number of hydrogen-bond donors (Lipinski definition) is 3. The van der Waals surface area contributed by atoms with Crippen LogP contribution in [0, 0.1) is 11.3 Å². The summed E-state index contributed by atoms with van der Waals surface area (Å²) in [5.74, 6) is 1.14. The highest BCUT2D eigenvalue weighted by atomic mass is 16.5. The zero-order valence-corrected chi connectivity index (χ0v) is 15.1. The SMILES string of the molecule is CC1CCC(CN(O)C=O)(C(=O)NNc2cncc(-c3ccco3)n2)CC1. The van der Waals surface area contributed by atoms with Crippen molar-refractivity contribution in [1.82, 2.24) is 20.5 Å². The summed E-state index contributed by atoms with van der Waals surface area (Å²) in [5, 5.41) is 10.2. The van der Waals surface area contributed by atoms with E-state index in [0.29, 0.717) is 47.5 Å². The normalized spacial score (nSPS) is 22.1. The summed E-state index contributed by atoms with van der Waals surface area (Å²) in [6, 6.07) is 3.51. The predicted octanol–water partition coefficient (Wildman–Crippen LogP) is 2.22. The van der Waals surface area contributed by atoms with E-state index < -0.39 is 5.41 Å². The molecule has 2 amide bonds. The van der Waals surface area contributed by atoms with Crippen molar-refractivity contribution in [3.05, 3.63) is 30.8 Å². The number of rotatable bonds is 7. The molecule has 1 saturated carbocycles. The largest absolute Gasteiger partial charge is 0.463 e. The van der Waals surface area contributed by atoms with Crippen molar-refractivity contribution in [3.63, 3.8) is 0 Å². The molecular weight excluding hydrogens is 350 g/mol. The number of furan rings is 1. The van der Waals surface area contributed by atoms with Gasteiger partial charge >= 0.3 is 0 Å². The van der Waals surface area contributed by atoms with Crippen LogP contribution in [0.1, 0.15) is 32.6 Å². The lowest BCUT2D eigenvalue weighted by atomic mass is 9.70. The molecule has 2 heterocycles. The first-order chi connectivity index (χ1) is 13.0. The number of nitrogens with one attached hydrogen (secondary N) is 2. The van der Waals surface area contributed by atoms with Crippen molar-refractivity contribution in [2.45, 2.75) is 32.6 Å². The van der Waals surface area contributed by atoms with Crippen molar-refractivity contribution < 1.29 is 19.2 Å². The third kappa shape index (κ3) is 4.43. The Kier molecular flexibility index (Phi) is 5.70. The Morgan fingerprint density at radius 1 is 1.44 bits per heavy atom. The standard InChI is InChI=1S/C18H23N5O4/c1-13-4-6-18(7-5-13,11-23(26)12-24)17(25)22-21-16-10-19-9-14(20-16)15-3-2-8-27-15/h2-3,8-10,12-13,26H,4-7,11H2,1H3,(H,20,21)(H,22,25). The molecule has 2 aromatic rings. The van der Waals surface area contributed by atoms with E-state index in [1.807, 2.05) is 0 Å². The van der Waals surface area contributed by atoms with Crippen LogP contribution in [0.5, 0.6) is 0 Å². The highest BCUT2D eigenvalue weighted by Gasteiger charge is 2.42. The fourth-order valence-corrected chi connectivity index (χ4v) is 3.34. The number of hydrogen-bond acceptors (Lipinski definition) is 7. The summed E-state index contributed by atoms with van der Waals surface area (Å²) < 4.78 is 5.29. The molecule has 0 aromatic carbocycles. The maximum Gasteiger partial charge on any atom is 0.246 e. The fourth-order valence-electron chi connectivity index (χ4n) is 3.34. The molecule has 3 rings (SSSR count). The van der Waals surface area contributed by atoms with Crippen molar-refractivity contribution in [2.24, 2.45) is 11.3 Å². The Morgan fingerprint density at radius 3 is 2.89 bits per heavy atom. The Hall–Kier alpha value is -2.94. The van der Waals surface area contributed by atoms with Gasteiger partial charge in [-0.15, -0.1) is 0 Å². The van der Waals surface area contributed by atoms with Gasteiger partial charge in [-0.25, -0.2) is 10.0 Å². The Morgan fingerprint density at radius 2 is 2.22 bits per heavy atom. The molecule has 0 bridgehead atoms. The van der Waals surface area contributed by atoms with E-state index in [-0.39, 0.29) is 12.5 Å². The van der Waals surface area contributed by atoms with E-state index in [0.717, 1.165) is 12.8 Å². The topological polar surface area (TPSA) is 121 Å². The second-order valence-corrected chi connectivity index (χ2v) is 7.01. The number of aromatic nitrogens is 2. The Balaban J connectivity index is 1.69. The Labute approximate surface area is 156 Å². The average Bonchev–Trinajstić information content (AvgIpc) is 3.23. The zero-order chi connectivity index (χ0) is 19.3. The van der Waals surface area contributed by atoms with Gasteiger partial charge in [0.15, 0.2) is 11.6 Å². The molecule has 0 unspecified atom stereocenters. The van der Waals surface area contributed by atoms with Crippen molar-refractivity contribution in [2.75, 3.05) is 12.0 Å². The molecule has 1 aliphatic rings. The number of amides is 2. The minimum Gasteiger partial charge on any atom is -0.463 e. The number of carbonyl (C=O) groups is 2. The Bertz CT molecular complexity index is 772. The molecule has 1 fully saturated rings. The van der Waals surface area contributed by atoms with Gasteiger partial charge in [0.2, 0.25) is 12.3 Å². The maximum atomic E-state index is 12.9. The monoisotopic (exact) mass is 373 g/mol. The molecular formula is C18H23N5O4. The molecule has 0 spiro atoms.